The fraction of sp³-hybridized carbons (Fsp3) is 0.316. The number of carboxylic acid groups (broad SMARTS) is 1. The molecule has 0 radical (unpaired) electrons. The highest BCUT2D eigenvalue weighted by Gasteiger charge is 2.28. The predicted molar refractivity (Wildman–Crippen MR) is 92.9 cm³/mol. The SMILES string of the molecule is CN1CCCC1CN(C(=O)O)c1cc(F)ccc1-c1ccccc1. The van der Waals surface area contributed by atoms with Crippen molar-refractivity contribution in [3.8, 4) is 11.1 Å². The minimum atomic E-state index is -1.06. The van der Waals surface area contributed by atoms with Gasteiger partial charge in [0.1, 0.15) is 5.82 Å². The van der Waals surface area contributed by atoms with Gasteiger partial charge in [-0.2, -0.15) is 0 Å². The van der Waals surface area contributed by atoms with Crippen LogP contribution in [0.4, 0.5) is 14.9 Å². The Labute approximate surface area is 141 Å². The number of carbonyl (C=O) groups is 1. The summed E-state index contributed by atoms with van der Waals surface area (Å²) in [5.41, 5.74) is 1.99. The summed E-state index contributed by atoms with van der Waals surface area (Å²) in [5.74, 6) is -0.435. The summed E-state index contributed by atoms with van der Waals surface area (Å²) in [6, 6.07) is 14.0. The number of benzene rings is 2. The van der Waals surface area contributed by atoms with Gasteiger partial charge in [-0.25, -0.2) is 9.18 Å². The molecule has 5 heteroatoms. The Morgan fingerprint density at radius 1 is 1.29 bits per heavy atom. The molecular formula is C19H21FN2O2. The summed E-state index contributed by atoms with van der Waals surface area (Å²) in [6.07, 6.45) is 0.956. The van der Waals surface area contributed by atoms with Crippen LogP contribution in [0.2, 0.25) is 0 Å². The largest absolute Gasteiger partial charge is 0.465 e. The minimum Gasteiger partial charge on any atom is -0.465 e. The number of likely N-dealkylation sites (N-methyl/N-ethyl adjacent to an activating group) is 1. The average molecular weight is 328 g/mol. The summed E-state index contributed by atoms with van der Waals surface area (Å²) in [4.78, 5) is 15.3. The molecule has 1 aliphatic rings. The quantitative estimate of drug-likeness (QED) is 0.920. The van der Waals surface area contributed by atoms with Crippen molar-refractivity contribution in [2.75, 3.05) is 25.0 Å². The first kappa shape index (κ1) is 16.5. The summed E-state index contributed by atoms with van der Waals surface area (Å²) in [6.45, 7) is 1.31. The monoisotopic (exact) mass is 328 g/mol. The average Bonchev–Trinajstić information content (AvgIpc) is 2.98. The molecule has 1 atom stereocenters. The van der Waals surface area contributed by atoms with Gasteiger partial charge in [0, 0.05) is 18.2 Å². The van der Waals surface area contributed by atoms with Gasteiger partial charge in [-0.05, 0) is 50.2 Å². The second-order valence-corrected chi connectivity index (χ2v) is 6.20. The molecule has 1 heterocycles. The van der Waals surface area contributed by atoms with Crippen molar-refractivity contribution >= 4 is 11.8 Å². The molecule has 1 N–H and O–H groups in total. The normalized spacial score (nSPS) is 17.8. The molecule has 1 saturated heterocycles. The molecule has 3 rings (SSSR count). The van der Waals surface area contributed by atoms with Gasteiger partial charge in [0.15, 0.2) is 0 Å². The summed E-state index contributed by atoms with van der Waals surface area (Å²) < 4.78 is 13.8. The third-order valence-corrected chi connectivity index (χ3v) is 4.63. The lowest BCUT2D eigenvalue weighted by atomic mass is 10.0. The second-order valence-electron chi connectivity index (χ2n) is 6.20. The number of halogens is 1. The van der Waals surface area contributed by atoms with E-state index in [-0.39, 0.29) is 6.04 Å². The fourth-order valence-corrected chi connectivity index (χ4v) is 3.29. The van der Waals surface area contributed by atoms with Crippen molar-refractivity contribution < 1.29 is 14.3 Å². The van der Waals surface area contributed by atoms with Crippen LogP contribution < -0.4 is 4.90 Å². The molecular weight excluding hydrogens is 307 g/mol. The van der Waals surface area contributed by atoms with Gasteiger partial charge < -0.3 is 10.0 Å². The topological polar surface area (TPSA) is 43.8 Å². The Morgan fingerprint density at radius 2 is 2.04 bits per heavy atom. The van der Waals surface area contributed by atoms with E-state index in [1.807, 2.05) is 37.4 Å². The summed E-state index contributed by atoms with van der Waals surface area (Å²) >= 11 is 0. The number of rotatable bonds is 4. The van der Waals surface area contributed by atoms with E-state index in [4.69, 9.17) is 0 Å². The van der Waals surface area contributed by atoms with Crippen LogP contribution in [-0.2, 0) is 0 Å². The molecule has 0 bridgehead atoms. The Morgan fingerprint density at radius 3 is 2.67 bits per heavy atom. The van der Waals surface area contributed by atoms with Crippen molar-refractivity contribution in [2.45, 2.75) is 18.9 Å². The van der Waals surface area contributed by atoms with Crippen molar-refractivity contribution in [2.24, 2.45) is 0 Å². The molecule has 1 amide bonds. The highest BCUT2D eigenvalue weighted by molar-refractivity contribution is 5.93. The fourth-order valence-electron chi connectivity index (χ4n) is 3.29. The molecule has 1 fully saturated rings. The van der Waals surface area contributed by atoms with E-state index < -0.39 is 11.9 Å². The maximum Gasteiger partial charge on any atom is 0.411 e. The Hall–Kier alpha value is -2.40. The lowest BCUT2D eigenvalue weighted by Gasteiger charge is -2.28. The van der Waals surface area contributed by atoms with Gasteiger partial charge >= 0.3 is 6.09 Å². The minimum absolute atomic E-state index is 0.160. The highest BCUT2D eigenvalue weighted by Crippen LogP contribution is 2.32. The molecule has 126 valence electrons. The van der Waals surface area contributed by atoms with Gasteiger partial charge in [0.05, 0.1) is 5.69 Å². The van der Waals surface area contributed by atoms with Gasteiger partial charge in [-0.15, -0.1) is 0 Å². The molecule has 0 aromatic heterocycles. The van der Waals surface area contributed by atoms with Crippen LogP contribution in [-0.4, -0.2) is 42.3 Å². The highest BCUT2D eigenvalue weighted by atomic mass is 19.1. The van der Waals surface area contributed by atoms with E-state index in [0.717, 1.165) is 30.5 Å². The van der Waals surface area contributed by atoms with Gasteiger partial charge in [-0.3, -0.25) is 4.90 Å². The van der Waals surface area contributed by atoms with E-state index in [1.165, 1.54) is 17.0 Å². The van der Waals surface area contributed by atoms with Gasteiger partial charge in [-0.1, -0.05) is 30.3 Å². The van der Waals surface area contributed by atoms with Crippen LogP contribution in [0.25, 0.3) is 11.1 Å². The molecule has 2 aromatic carbocycles. The number of hydrogen-bond acceptors (Lipinski definition) is 2. The maximum absolute atomic E-state index is 13.8. The lowest BCUT2D eigenvalue weighted by Crippen LogP contribution is -2.41. The molecule has 4 nitrogen and oxygen atoms in total. The predicted octanol–water partition coefficient (Wildman–Crippen LogP) is 4.07. The number of likely N-dealkylation sites (tertiary alicyclic amines) is 1. The van der Waals surface area contributed by atoms with E-state index in [1.54, 1.807) is 6.07 Å². The Bertz CT molecular complexity index is 721. The van der Waals surface area contributed by atoms with E-state index in [2.05, 4.69) is 4.90 Å². The zero-order valence-electron chi connectivity index (χ0n) is 13.7. The molecule has 1 unspecified atom stereocenters. The van der Waals surface area contributed by atoms with Crippen LogP contribution in [0, 0.1) is 5.82 Å². The van der Waals surface area contributed by atoms with Crippen molar-refractivity contribution in [1.29, 1.82) is 0 Å². The zero-order valence-corrected chi connectivity index (χ0v) is 13.7. The zero-order chi connectivity index (χ0) is 17.1. The summed E-state index contributed by atoms with van der Waals surface area (Å²) in [5, 5.41) is 9.72. The third kappa shape index (κ3) is 3.41. The van der Waals surface area contributed by atoms with Crippen molar-refractivity contribution in [3.63, 3.8) is 0 Å². The van der Waals surface area contributed by atoms with Crippen LogP contribution in [0.3, 0.4) is 0 Å². The molecule has 0 aliphatic carbocycles. The molecule has 0 saturated carbocycles. The third-order valence-electron chi connectivity index (χ3n) is 4.63. The van der Waals surface area contributed by atoms with Gasteiger partial charge in [0.25, 0.3) is 0 Å². The number of amides is 1. The number of nitrogens with zero attached hydrogens (tertiary/aromatic N) is 2. The molecule has 0 spiro atoms. The van der Waals surface area contributed by atoms with Crippen LogP contribution in [0.15, 0.2) is 48.5 Å². The number of anilines is 1. The standard InChI is InChI=1S/C19H21FN2O2/c1-21-11-5-8-16(21)13-22(19(23)24)18-12-15(20)9-10-17(18)14-6-3-2-4-7-14/h2-4,6-7,9-10,12,16H,5,8,11,13H2,1H3,(H,23,24). The van der Waals surface area contributed by atoms with E-state index in [0.29, 0.717) is 12.2 Å². The Balaban J connectivity index is 2.01. The lowest BCUT2D eigenvalue weighted by molar-refractivity contribution is 0.198. The summed E-state index contributed by atoms with van der Waals surface area (Å²) in [7, 11) is 2.00. The molecule has 24 heavy (non-hydrogen) atoms. The Kier molecular flexibility index (Phi) is 4.81. The van der Waals surface area contributed by atoms with E-state index >= 15 is 0 Å². The van der Waals surface area contributed by atoms with Crippen molar-refractivity contribution in [1.82, 2.24) is 4.90 Å². The smallest absolute Gasteiger partial charge is 0.411 e. The molecule has 2 aromatic rings. The van der Waals surface area contributed by atoms with Gasteiger partial charge in [0.2, 0.25) is 0 Å². The second kappa shape index (κ2) is 7.01. The van der Waals surface area contributed by atoms with Crippen LogP contribution in [0.5, 0.6) is 0 Å². The first-order valence-electron chi connectivity index (χ1n) is 8.12. The maximum atomic E-state index is 13.8. The van der Waals surface area contributed by atoms with Crippen molar-refractivity contribution in [3.05, 3.63) is 54.3 Å². The number of hydrogen-bond donors (Lipinski definition) is 1. The van der Waals surface area contributed by atoms with E-state index in [9.17, 15) is 14.3 Å². The first-order valence-corrected chi connectivity index (χ1v) is 8.12. The first-order chi connectivity index (χ1) is 11.6. The van der Waals surface area contributed by atoms with Crippen LogP contribution in [0.1, 0.15) is 12.8 Å². The molecule has 1 aliphatic heterocycles. The van der Waals surface area contributed by atoms with Crippen LogP contribution >= 0.6 is 0 Å².